The van der Waals surface area contributed by atoms with Gasteiger partial charge in [0.1, 0.15) is 0 Å². The van der Waals surface area contributed by atoms with Crippen molar-refractivity contribution in [1.29, 1.82) is 0 Å². The van der Waals surface area contributed by atoms with E-state index in [4.69, 9.17) is 13.0 Å². The number of hydrogen-bond acceptors (Lipinski definition) is 3. The molecule has 0 saturated carbocycles. The summed E-state index contributed by atoms with van der Waals surface area (Å²) < 4.78 is 27.2. The molecule has 0 radical (unpaired) electrons. The smallest absolute Gasteiger partial charge is 0.0916 e. The molecule has 1 aliphatic heterocycles. The lowest BCUT2D eigenvalue weighted by molar-refractivity contribution is -0.908. The van der Waals surface area contributed by atoms with Crippen LogP contribution in [0, 0.1) is 5.92 Å². The van der Waals surface area contributed by atoms with E-state index < -0.39 is 10.1 Å². The van der Waals surface area contributed by atoms with Crippen molar-refractivity contribution >= 4 is 10.1 Å². The van der Waals surface area contributed by atoms with Crippen molar-refractivity contribution in [2.45, 2.75) is 90.9 Å². The van der Waals surface area contributed by atoms with Crippen molar-refractivity contribution < 1.29 is 17.9 Å². The number of piperidine rings is 1. The second kappa shape index (κ2) is 15.2. The van der Waals surface area contributed by atoms with E-state index in [2.05, 4.69) is 13.8 Å². The van der Waals surface area contributed by atoms with Crippen LogP contribution in [0.3, 0.4) is 0 Å². The van der Waals surface area contributed by atoms with Gasteiger partial charge in [-0.2, -0.15) is 0 Å². The molecule has 0 spiro atoms. The van der Waals surface area contributed by atoms with Gasteiger partial charge in [0.25, 0.3) is 0 Å². The molecular formula is C19H41NO3S. The van der Waals surface area contributed by atoms with Crippen molar-refractivity contribution in [3.63, 3.8) is 0 Å². The van der Waals surface area contributed by atoms with Crippen molar-refractivity contribution in [3.8, 4) is 0 Å². The molecule has 2 atom stereocenters. The van der Waals surface area contributed by atoms with Gasteiger partial charge in [0.2, 0.25) is 0 Å². The molecule has 1 heterocycles. The fraction of sp³-hybridized carbons (Fsp3) is 1.00. The minimum atomic E-state index is -3.92. The number of hydrogen-bond donors (Lipinski definition) is 1. The molecule has 146 valence electrons. The van der Waals surface area contributed by atoms with Gasteiger partial charge in [-0.3, -0.25) is 0 Å². The molecule has 2 unspecified atom stereocenters. The largest absolute Gasteiger partial charge is 0.748 e. The molecule has 1 saturated heterocycles. The third kappa shape index (κ3) is 19.9. The molecule has 4 nitrogen and oxygen atoms in total. The van der Waals surface area contributed by atoms with Gasteiger partial charge in [-0.1, -0.05) is 65.2 Å². The molecule has 1 aliphatic rings. The van der Waals surface area contributed by atoms with Crippen LogP contribution >= 0.6 is 0 Å². The Morgan fingerprint density at radius 2 is 1.42 bits per heavy atom. The zero-order valence-corrected chi connectivity index (χ0v) is 17.1. The van der Waals surface area contributed by atoms with Gasteiger partial charge in [-0.15, -0.1) is 0 Å². The average Bonchev–Trinajstić information content (AvgIpc) is 2.47. The van der Waals surface area contributed by atoms with Crippen molar-refractivity contribution in [3.05, 3.63) is 0 Å². The van der Waals surface area contributed by atoms with Crippen molar-refractivity contribution in [1.82, 2.24) is 0 Å². The molecule has 1 fully saturated rings. The lowest BCUT2D eigenvalue weighted by atomic mass is 10.00. The first-order valence-electron chi connectivity index (χ1n) is 10.1. The van der Waals surface area contributed by atoms with E-state index >= 15 is 0 Å². The quantitative estimate of drug-likeness (QED) is 0.452. The van der Waals surface area contributed by atoms with Crippen LogP contribution in [0.25, 0.3) is 0 Å². The van der Waals surface area contributed by atoms with Gasteiger partial charge < -0.3 is 9.45 Å². The Kier molecular flexibility index (Phi) is 15.1. The van der Waals surface area contributed by atoms with E-state index in [9.17, 15) is 0 Å². The lowest BCUT2D eigenvalue weighted by Gasteiger charge is -2.27. The lowest BCUT2D eigenvalue weighted by Crippen LogP contribution is -3.13. The molecule has 24 heavy (non-hydrogen) atoms. The molecule has 0 aromatic rings. The molecule has 0 aliphatic carbocycles. The molecule has 1 rings (SSSR count). The van der Waals surface area contributed by atoms with Crippen LogP contribution in [0.5, 0.6) is 0 Å². The first-order chi connectivity index (χ1) is 11.3. The maximum atomic E-state index is 9.08. The standard InChI is InChI=1S/C18H37N.CH4O3S/c1-3-4-5-6-7-8-9-10-11-12-15-19-16-13-14-18(2)17-19;1-5(2,3)4/h18H,3-17H2,1-2H3;1H3,(H,2,3,4). The Labute approximate surface area is 151 Å². The van der Waals surface area contributed by atoms with E-state index in [0.29, 0.717) is 6.26 Å². The number of quaternary nitrogens is 1. The highest BCUT2D eigenvalue weighted by Crippen LogP contribution is 2.10. The summed E-state index contributed by atoms with van der Waals surface area (Å²) in [6, 6.07) is 0. The topological polar surface area (TPSA) is 61.6 Å². The number of unbranched alkanes of at least 4 members (excludes halogenated alkanes) is 9. The van der Waals surface area contributed by atoms with Crippen LogP contribution in [0.4, 0.5) is 0 Å². The molecular weight excluding hydrogens is 322 g/mol. The maximum absolute atomic E-state index is 9.08. The van der Waals surface area contributed by atoms with Gasteiger partial charge in [0.15, 0.2) is 0 Å². The van der Waals surface area contributed by atoms with Crippen LogP contribution in [0.2, 0.25) is 0 Å². The summed E-state index contributed by atoms with van der Waals surface area (Å²) in [4.78, 5) is 1.89. The summed E-state index contributed by atoms with van der Waals surface area (Å²) in [6.07, 6.45) is 18.2. The van der Waals surface area contributed by atoms with E-state index in [1.807, 2.05) is 4.90 Å². The highest BCUT2D eigenvalue weighted by molar-refractivity contribution is 7.84. The fourth-order valence-electron chi connectivity index (χ4n) is 3.49. The predicted molar refractivity (Wildman–Crippen MR) is 101 cm³/mol. The fourth-order valence-corrected chi connectivity index (χ4v) is 3.49. The van der Waals surface area contributed by atoms with Crippen LogP contribution in [-0.4, -0.2) is 38.9 Å². The molecule has 1 N–H and O–H groups in total. The van der Waals surface area contributed by atoms with Gasteiger partial charge in [0.05, 0.1) is 29.8 Å². The Bertz CT molecular complexity index is 363. The van der Waals surface area contributed by atoms with E-state index in [0.717, 1.165) is 5.92 Å². The third-order valence-corrected chi connectivity index (χ3v) is 4.75. The zero-order chi connectivity index (χ0) is 18.3. The zero-order valence-electron chi connectivity index (χ0n) is 16.3. The van der Waals surface area contributed by atoms with Gasteiger partial charge in [-0.25, -0.2) is 8.42 Å². The highest BCUT2D eigenvalue weighted by Gasteiger charge is 2.18. The van der Waals surface area contributed by atoms with E-state index in [1.165, 1.54) is 96.7 Å². The minimum absolute atomic E-state index is 0.604. The number of nitrogens with one attached hydrogen (secondary N) is 1. The summed E-state index contributed by atoms with van der Waals surface area (Å²) in [5.41, 5.74) is 0. The van der Waals surface area contributed by atoms with Crippen molar-refractivity contribution in [2.75, 3.05) is 25.9 Å². The molecule has 5 heteroatoms. The first-order valence-corrected chi connectivity index (χ1v) is 11.9. The van der Waals surface area contributed by atoms with Crippen LogP contribution < -0.4 is 4.90 Å². The normalized spacial score (nSPS) is 21.2. The van der Waals surface area contributed by atoms with Crippen LogP contribution in [0.1, 0.15) is 90.9 Å². The summed E-state index contributed by atoms with van der Waals surface area (Å²) in [5, 5.41) is 0. The third-order valence-electron chi connectivity index (χ3n) is 4.75. The Morgan fingerprint density at radius 1 is 0.958 bits per heavy atom. The molecule has 0 aromatic heterocycles. The minimum Gasteiger partial charge on any atom is -0.748 e. The average molecular weight is 364 g/mol. The summed E-state index contributed by atoms with van der Waals surface area (Å²) in [7, 11) is -3.92. The Balaban J connectivity index is 0.000000922. The summed E-state index contributed by atoms with van der Waals surface area (Å²) in [5.74, 6) is 0.979. The van der Waals surface area contributed by atoms with Gasteiger partial charge in [0, 0.05) is 12.2 Å². The SMILES string of the molecule is CCCCCCCCCCCC[NH+]1CCCC(C)C1.CS(=O)(=O)[O-]. The Morgan fingerprint density at radius 3 is 1.88 bits per heavy atom. The summed E-state index contributed by atoms with van der Waals surface area (Å²) >= 11 is 0. The van der Waals surface area contributed by atoms with Crippen LogP contribution in [0.15, 0.2) is 0 Å². The molecule has 0 aromatic carbocycles. The monoisotopic (exact) mass is 363 g/mol. The van der Waals surface area contributed by atoms with Crippen molar-refractivity contribution in [2.24, 2.45) is 5.92 Å². The predicted octanol–water partition coefficient (Wildman–Crippen LogP) is 3.38. The van der Waals surface area contributed by atoms with Gasteiger partial charge >= 0.3 is 0 Å². The molecule has 0 amide bonds. The first kappa shape index (κ1) is 23.9. The molecule has 0 bridgehead atoms. The maximum Gasteiger partial charge on any atom is 0.0916 e. The van der Waals surface area contributed by atoms with Crippen LogP contribution in [-0.2, 0) is 10.1 Å². The highest BCUT2D eigenvalue weighted by atomic mass is 32.2. The second-order valence-corrected chi connectivity index (χ2v) is 9.00. The second-order valence-electron chi connectivity index (χ2n) is 7.59. The number of rotatable bonds is 11. The van der Waals surface area contributed by atoms with E-state index in [1.54, 1.807) is 0 Å². The Hall–Kier alpha value is -0.130. The van der Waals surface area contributed by atoms with Gasteiger partial charge in [-0.05, 0) is 25.7 Å². The van der Waals surface area contributed by atoms with E-state index in [-0.39, 0.29) is 0 Å². The summed E-state index contributed by atoms with van der Waals surface area (Å²) in [6.45, 7) is 9.06. The number of likely N-dealkylation sites (tertiary alicyclic amines) is 1.